The lowest BCUT2D eigenvalue weighted by Gasteiger charge is -2.40. The molecule has 0 aliphatic heterocycles. The van der Waals surface area contributed by atoms with E-state index in [1.165, 1.54) is 45.6 Å². The van der Waals surface area contributed by atoms with Gasteiger partial charge in [-0.3, -0.25) is 4.79 Å². The van der Waals surface area contributed by atoms with E-state index in [4.69, 9.17) is 4.74 Å². The Kier molecular flexibility index (Phi) is 6.21. The third-order valence-electron chi connectivity index (χ3n) is 4.73. The first-order valence-corrected chi connectivity index (χ1v) is 9.13. The lowest BCUT2D eigenvalue weighted by Crippen LogP contribution is -2.56. The van der Waals surface area contributed by atoms with E-state index >= 15 is 0 Å². The Morgan fingerprint density at radius 3 is 2.55 bits per heavy atom. The smallest absolute Gasteiger partial charge is 0.326 e. The van der Waals surface area contributed by atoms with Crippen LogP contribution in [0.4, 0.5) is 0 Å². The second-order valence-corrected chi connectivity index (χ2v) is 7.82. The molecule has 116 valence electrons. The minimum Gasteiger partial charge on any atom is -0.468 e. The first kappa shape index (κ1) is 16.2. The van der Waals surface area contributed by atoms with Crippen molar-refractivity contribution < 1.29 is 9.53 Å². The largest absolute Gasteiger partial charge is 0.468 e. The van der Waals surface area contributed by atoms with Crippen LogP contribution in [0.25, 0.3) is 0 Å². The second kappa shape index (κ2) is 7.69. The summed E-state index contributed by atoms with van der Waals surface area (Å²) in [6.45, 7) is 2.90. The van der Waals surface area contributed by atoms with Gasteiger partial charge >= 0.3 is 5.97 Å². The van der Waals surface area contributed by atoms with Crippen LogP contribution in [0, 0.1) is 0 Å². The third kappa shape index (κ3) is 3.91. The van der Waals surface area contributed by atoms with E-state index < -0.39 is 5.54 Å². The normalized spacial score (nSPS) is 32.0. The van der Waals surface area contributed by atoms with Crippen molar-refractivity contribution in [2.75, 3.05) is 13.7 Å². The number of carbonyl (C=O) groups is 1. The molecule has 20 heavy (non-hydrogen) atoms. The number of hydrogen-bond donors (Lipinski definition) is 1. The molecule has 0 bridgehead atoms. The van der Waals surface area contributed by atoms with E-state index in [9.17, 15) is 4.79 Å². The van der Waals surface area contributed by atoms with Crippen molar-refractivity contribution in [3.8, 4) is 0 Å². The van der Waals surface area contributed by atoms with Crippen molar-refractivity contribution in [1.29, 1.82) is 0 Å². The summed E-state index contributed by atoms with van der Waals surface area (Å²) in [7, 11) is 1.51. The number of methoxy groups -OCH3 is 1. The fourth-order valence-electron chi connectivity index (χ4n) is 3.77. The average molecular weight is 299 g/mol. The summed E-state index contributed by atoms with van der Waals surface area (Å²) in [4.78, 5) is 12.2. The van der Waals surface area contributed by atoms with Gasteiger partial charge in [0.2, 0.25) is 0 Å². The standard InChI is InChI=1S/C16H29NO2S/c1-3-17-16(15(18)19-2)11-7-10-14(12-16)20-13-8-5-4-6-9-13/h13-14,17H,3-12H2,1-2H3. The zero-order valence-corrected chi connectivity index (χ0v) is 13.8. The van der Waals surface area contributed by atoms with Crippen LogP contribution in [0.5, 0.6) is 0 Å². The molecule has 2 fully saturated rings. The lowest BCUT2D eigenvalue weighted by molar-refractivity contribution is -0.150. The number of thioether (sulfide) groups is 1. The van der Waals surface area contributed by atoms with Crippen LogP contribution in [0.15, 0.2) is 0 Å². The van der Waals surface area contributed by atoms with Crippen molar-refractivity contribution in [2.45, 2.75) is 80.7 Å². The zero-order valence-electron chi connectivity index (χ0n) is 13.0. The van der Waals surface area contributed by atoms with E-state index in [-0.39, 0.29) is 5.97 Å². The molecule has 0 saturated heterocycles. The highest BCUT2D eigenvalue weighted by atomic mass is 32.2. The highest BCUT2D eigenvalue weighted by molar-refractivity contribution is 8.00. The van der Waals surface area contributed by atoms with Crippen LogP contribution in [-0.4, -0.2) is 35.7 Å². The molecular formula is C16H29NO2S. The molecular weight excluding hydrogens is 270 g/mol. The van der Waals surface area contributed by atoms with E-state index in [1.807, 2.05) is 0 Å². The van der Waals surface area contributed by atoms with Crippen LogP contribution in [0.1, 0.15) is 64.7 Å². The molecule has 4 heteroatoms. The lowest BCUT2D eigenvalue weighted by atomic mass is 9.81. The highest BCUT2D eigenvalue weighted by Crippen LogP contribution is 2.40. The summed E-state index contributed by atoms with van der Waals surface area (Å²) in [5.74, 6) is -0.0618. The fourth-order valence-corrected chi connectivity index (χ4v) is 5.60. The van der Waals surface area contributed by atoms with Gasteiger partial charge < -0.3 is 10.1 Å². The van der Waals surface area contributed by atoms with Crippen molar-refractivity contribution in [3.63, 3.8) is 0 Å². The van der Waals surface area contributed by atoms with Crippen LogP contribution >= 0.6 is 11.8 Å². The van der Waals surface area contributed by atoms with Crippen LogP contribution in [-0.2, 0) is 9.53 Å². The molecule has 0 heterocycles. The Labute approximate surface area is 127 Å². The maximum Gasteiger partial charge on any atom is 0.326 e. The first-order chi connectivity index (χ1) is 9.70. The number of hydrogen-bond acceptors (Lipinski definition) is 4. The molecule has 3 nitrogen and oxygen atoms in total. The Balaban J connectivity index is 1.95. The molecule has 2 atom stereocenters. The van der Waals surface area contributed by atoms with E-state index in [0.717, 1.165) is 31.1 Å². The monoisotopic (exact) mass is 299 g/mol. The molecule has 2 rings (SSSR count). The van der Waals surface area contributed by atoms with Crippen LogP contribution < -0.4 is 5.32 Å². The molecule has 0 aromatic heterocycles. The van der Waals surface area contributed by atoms with Gasteiger partial charge in [-0.1, -0.05) is 26.2 Å². The number of likely N-dealkylation sites (N-methyl/N-ethyl adjacent to an activating group) is 1. The van der Waals surface area contributed by atoms with Crippen molar-refractivity contribution in [1.82, 2.24) is 5.32 Å². The maximum atomic E-state index is 12.2. The predicted octanol–water partition coefficient (Wildman–Crippen LogP) is 3.52. The van der Waals surface area contributed by atoms with Crippen LogP contribution in [0.3, 0.4) is 0 Å². The van der Waals surface area contributed by atoms with Gasteiger partial charge in [0.1, 0.15) is 5.54 Å². The molecule has 0 spiro atoms. The van der Waals surface area contributed by atoms with E-state index in [0.29, 0.717) is 5.25 Å². The van der Waals surface area contributed by atoms with Crippen molar-refractivity contribution in [2.24, 2.45) is 0 Å². The van der Waals surface area contributed by atoms with Gasteiger partial charge in [0.25, 0.3) is 0 Å². The van der Waals surface area contributed by atoms with Gasteiger partial charge in [0.15, 0.2) is 0 Å². The Hall–Kier alpha value is -0.220. The van der Waals surface area contributed by atoms with Crippen LogP contribution in [0.2, 0.25) is 0 Å². The van der Waals surface area contributed by atoms with Gasteiger partial charge in [0.05, 0.1) is 7.11 Å². The van der Waals surface area contributed by atoms with Gasteiger partial charge in [-0.2, -0.15) is 11.8 Å². The Bertz CT molecular complexity index is 314. The summed E-state index contributed by atoms with van der Waals surface area (Å²) in [6.07, 6.45) is 11.2. The molecule has 2 unspecified atom stereocenters. The summed E-state index contributed by atoms with van der Waals surface area (Å²) in [6, 6.07) is 0. The number of ether oxygens (including phenoxy) is 1. The second-order valence-electron chi connectivity index (χ2n) is 6.22. The summed E-state index contributed by atoms with van der Waals surface area (Å²) >= 11 is 2.15. The molecule has 2 aliphatic carbocycles. The first-order valence-electron chi connectivity index (χ1n) is 8.19. The predicted molar refractivity (Wildman–Crippen MR) is 85.1 cm³/mol. The Morgan fingerprint density at radius 2 is 1.90 bits per heavy atom. The minimum atomic E-state index is -0.423. The van der Waals surface area contributed by atoms with E-state index in [2.05, 4.69) is 24.0 Å². The summed E-state index contributed by atoms with van der Waals surface area (Å²) < 4.78 is 5.07. The highest BCUT2D eigenvalue weighted by Gasteiger charge is 2.43. The average Bonchev–Trinajstić information content (AvgIpc) is 2.48. The molecule has 0 radical (unpaired) electrons. The quantitative estimate of drug-likeness (QED) is 0.788. The number of carbonyl (C=O) groups excluding carboxylic acids is 1. The van der Waals surface area contributed by atoms with Crippen molar-refractivity contribution >= 4 is 17.7 Å². The van der Waals surface area contributed by atoms with E-state index in [1.54, 1.807) is 0 Å². The van der Waals surface area contributed by atoms with Gasteiger partial charge in [0, 0.05) is 10.5 Å². The molecule has 0 aromatic rings. The fraction of sp³-hybridized carbons (Fsp3) is 0.938. The molecule has 0 aromatic carbocycles. The zero-order chi connectivity index (χ0) is 14.4. The Morgan fingerprint density at radius 1 is 1.20 bits per heavy atom. The summed E-state index contributed by atoms with van der Waals surface area (Å²) in [5, 5.41) is 4.87. The molecule has 0 amide bonds. The van der Waals surface area contributed by atoms with Crippen molar-refractivity contribution in [3.05, 3.63) is 0 Å². The molecule has 2 saturated carbocycles. The maximum absolute atomic E-state index is 12.2. The molecule has 1 N–H and O–H groups in total. The number of esters is 1. The van der Waals surface area contributed by atoms with Gasteiger partial charge in [-0.05, 0) is 45.1 Å². The SMILES string of the molecule is CCNC1(C(=O)OC)CCCC(SC2CCCCC2)C1. The summed E-state index contributed by atoms with van der Waals surface area (Å²) in [5.41, 5.74) is -0.423. The van der Waals surface area contributed by atoms with Gasteiger partial charge in [-0.25, -0.2) is 0 Å². The topological polar surface area (TPSA) is 38.3 Å². The number of rotatable bonds is 5. The molecule has 2 aliphatic rings. The third-order valence-corrected chi connectivity index (χ3v) is 6.38. The number of nitrogens with one attached hydrogen (secondary N) is 1. The van der Waals surface area contributed by atoms with Gasteiger partial charge in [-0.15, -0.1) is 0 Å². The minimum absolute atomic E-state index is 0.0618.